The van der Waals surface area contributed by atoms with Crippen molar-refractivity contribution in [3.63, 3.8) is 0 Å². The minimum Gasteiger partial charge on any atom is -0.287 e. The van der Waals surface area contributed by atoms with E-state index in [0.717, 1.165) is 0 Å². The highest BCUT2D eigenvalue weighted by atomic mass is 35.5. The van der Waals surface area contributed by atoms with Gasteiger partial charge < -0.3 is 0 Å². The molecule has 0 aromatic heterocycles. The molecule has 0 bridgehead atoms. The van der Waals surface area contributed by atoms with Gasteiger partial charge in [0, 0.05) is 11.1 Å². The van der Waals surface area contributed by atoms with Crippen molar-refractivity contribution in [2.75, 3.05) is 0 Å². The molecule has 0 atom stereocenters. The maximum atomic E-state index is 11.8. The highest BCUT2D eigenvalue weighted by Gasteiger charge is 2.14. The first-order valence-corrected chi connectivity index (χ1v) is 6.06. The van der Waals surface area contributed by atoms with E-state index in [2.05, 4.69) is 10.9 Å². The van der Waals surface area contributed by atoms with E-state index in [-0.39, 0.29) is 26.5 Å². The number of carbonyl (C=O) groups excluding carboxylic acids is 1. The molecule has 17 heavy (non-hydrogen) atoms. The van der Waals surface area contributed by atoms with E-state index in [9.17, 15) is 4.79 Å². The van der Waals surface area contributed by atoms with Gasteiger partial charge in [0.05, 0.1) is 15.1 Å². The van der Waals surface area contributed by atoms with Crippen LogP contribution in [-0.4, -0.2) is 11.4 Å². The fourth-order valence-corrected chi connectivity index (χ4v) is 1.60. The van der Waals surface area contributed by atoms with Crippen LogP contribution in [0, 0.1) is 0 Å². The number of carbonyl (C=O) groups is 1. The number of amides is 1. The number of hydrogen-bond acceptors (Lipinski definition) is 2. The highest BCUT2D eigenvalue weighted by Crippen LogP contribution is 2.31. The van der Waals surface area contributed by atoms with Gasteiger partial charge in [-0.1, -0.05) is 34.8 Å². The van der Waals surface area contributed by atoms with Crippen LogP contribution in [0.3, 0.4) is 0 Å². The Morgan fingerprint density at radius 3 is 2.00 bits per heavy atom. The zero-order chi connectivity index (χ0) is 13.2. The largest absolute Gasteiger partial charge is 0.287 e. The number of benzene rings is 1. The van der Waals surface area contributed by atoms with E-state index in [4.69, 9.17) is 34.8 Å². The molecule has 0 heterocycles. The van der Waals surface area contributed by atoms with Crippen molar-refractivity contribution in [3.8, 4) is 0 Å². The van der Waals surface area contributed by atoms with Crippen molar-refractivity contribution < 1.29 is 4.79 Å². The number of nitrogens with one attached hydrogen (secondary N) is 2. The van der Waals surface area contributed by atoms with E-state index >= 15 is 0 Å². The maximum absolute atomic E-state index is 11.8. The SMILES string of the molecule is CC(C)(C)NNC(=O)c1cc(Cl)c(Cl)c(Cl)c1. The third-order valence-electron chi connectivity index (χ3n) is 1.80. The molecular weight excluding hydrogens is 282 g/mol. The van der Waals surface area contributed by atoms with E-state index < -0.39 is 0 Å². The summed E-state index contributed by atoms with van der Waals surface area (Å²) in [4.78, 5) is 11.8. The number of hydrogen-bond donors (Lipinski definition) is 2. The van der Waals surface area contributed by atoms with Crippen molar-refractivity contribution in [1.82, 2.24) is 10.9 Å². The molecule has 3 nitrogen and oxygen atoms in total. The summed E-state index contributed by atoms with van der Waals surface area (Å²) in [7, 11) is 0. The van der Waals surface area contributed by atoms with E-state index in [0.29, 0.717) is 5.56 Å². The Labute approximate surface area is 115 Å². The lowest BCUT2D eigenvalue weighted by Crippen LogP contribution is -2.48. The Balaban J connectivity index is 2.84. The van der Waals surface area contributed by atoms with Gasteiger partial charge in [0.2, 0.25) is 0 Å². The van der Waals surface area contributed by atoms with Crippen LogP contribution in [0.15, 0.2) is 12.1 Å². The monoisotopic (exact) mass is 294 g/mol. The third-order valence-corrected chi connectivity index (χ3v) is 2.99. The van der Waals surface area contributed by atoms with Crippen molar-refractivity contribution in [3.05, 3.63) is 32.8 Å². The van der Waals surface area contributed by atoms with Crippen molar-refractivity contribution in [2.45, 2.75) is 26.3 Å². The zero-order valence-corrected chi connectivity index (χ0v) is 12.0. The first kappa shape index (κ1) is 14.6. The Bertz CT molecular complexity index is 418. The van der Waals surface area contributed by atoms with Crippen molar-refractivity contribution in [2.24, 2.45) is 0 Å². The highest BCUT2D eigenvalue weighted by molar-refractivity contribution is 6.48. The smallest absolute Gasteiger partial charge is 0.265 e. The molecule has 0 aliphatic heterocycles. The van der Waals surface area contributed by atoms with Crippen LogP contribution in [0.5, 0.6) is 0 Å². The fraction of sp³-hybridized carbons (Fsp3) is 0.364. The summed E-state index contributed by atoms with van der Waals surface area (Å²) in [6.45, 7) is 5.78. The minimum atomic E-state index is -0.319. The van der Waals surface area contributed by atoms with Gasteiger partial charge in [-0.25, -0.2) is 5.43 Å². The Kier molecular flexibility index (Phi) is 4.67. The van der Waals surface area contributed by atoms with E-state index in [1.54, 1.807) is 0 Å². The molecule has 6 heteroatoms. The molecular formula is C11H13Cl3N2O. The summed E-state index contributed by atoms with van der Waals surface area (Å²) in [6, 6.07) is 2.94. The summed E-state index contributed by atoms with van der Waals surface area (Å²) in [5, 5.41) is 0.744. The Hall–Kier alpha value is -0.480. The lowest BCUT2D eigenvalue weighted by Gasteiger charge is -2.21. The summed E-state index contributed by atoms with van der Waals surface area (Å²) < 4.78 is 0. The number of hydrazine groups is 1. The van der Waals surface area contributed by atoms with Gasteiger partial charge in [-0.15, -0.1) is 0 Å². The van der Waals surface area contributed by atoms with Gasteiger partial charge in [-0.2, -0.15) is 0 Å². The molecule has 1 rings (SSSR count). The first-order chi connectivity index (χ1) is 7.70. The summed E-state index contributed by atoms with van der Waals surface area (Å²) in [6.07, 6.45) is 0. The lowest BCUT2D eigenvalue weighted by atomic mass is 10.1. The van der Waals surface area contributed by atoms with Crippen LogP contribution < -0.4 is 10.9 Å². The average molecular weight is 296 g/mol. The lowest BCUT2D eigenvalue weighted by molar-refractivity contribution is 0.0914. The quantitative estimate of drug-likeness (QED) is 0.645. The van der Waals surface area contributed by atoms with E-state index in [1.807, 2.05) is 20.8 Å². The standard InChI is InChI=1S/C11H13Cl3N2O/c1-11(2,3)16-15-10(17)6-4-7(12)9(14)8(13)5-6/h4-5,16H,1-3H3,(H,15,17). The van der Waals surface area contributed by atoms with Crippen LogP contribution >= 0.6 is 34.8 Å². The van der Waals surface area contributed by atoms with Crippen LogP contribution in [0.25, 0.3) is 0 Å². The molecule has 0 saturated heterocycles. The van der Waals surface area contributed by atoms with Gasteiger partial charge in [-0.3, -0.25) is 10.2 Å². The Morgan fingerprint density at radius 1 is 1.12 bits per heavy atom. The zero-order valence-electron chi connectivity index (χ0n) is 9.70. The topological polar surface area (TPSA) is 41.1 Å². The van der Waals surface area contributed by atoms with Crippen LogP contribution in [0.1, 0.15) is 31.1 Å². The van der Waals surface area contributed by atoms with Gasteiger partial charge in [0.25, 0.3) is 5.91 Å². The second kappa shape index (κ2) is 5.44. The molecule has 1 amide bonds. The Morgan fingerprint density at radius 2 is 1.59 bits per heavy atom. The minimum absolute atomic E-state index is 0.227. The van der Waals surface area contributed by atoms with Crippen LogP contribution in [-0.2, 0) is 0 Å². The summed E-state index contributed by atoms with van der Waals surface area (Å²) in [5.74, 6) is -0.319. The predicted molar refractivity (Wildman–Crippen MR) is 71.8 cm³/mol. The molecule has 0 aliphatic rings. The average Bonchev–Trinajstić information content (AvgIpc) is 2.20. The number of rotatable bonds is 2. The van der Waals surface area contributed by atoms with Gasteiger partial charge in [-0.05, 0) is 32.9 Å². The molecule has 0 unspecified atom stereocenters. The molecule has 0 spiro atoms. The molecule has 0 radical (unpaired) electrons. The first-order valence-electron chi connectivity index (χ1n) is 4.93. The fourth-order valence-electron chi connectivity index (χ4n) is 1.00. The number of halogens is 3. The van der Waals surface area contributed by atoms with Crippen LogP contribution in [0.4, 0.5) is 0 Å². The van der Waals surface area contributed by atoms with Gasteiger partial charge in [0.1, 0.15) is 0 Å². The van der Waals surface area contributed by atoms with Gasteiger partial charge in [0.15, 0.2) is 0 Å². The predicted octanol–water partition coefficient (Wildman–Crippen LogP) is 3.68. The van der Waals surface area contributed by atoms with Crippen molar-refractivity contribution >= 4 is 40.7 Å². The van der Waals surface area contributed by atoms with Gasteiger partial charge >= 0.3 is 0 Å². The summed E-state index contributed by atoms with van der Waals surface area (Å²) in [5.41, 5.74) is 5.54. The molecule has 2 N–H and O–H groups in total. The third kappa shape index (κ3) is 4.36. The molecule has 0 aliphatic carbocycles. The normalized spacial score (nSPS) is 11.4. The molecule has 1 aromatic rings. The second-order valence-electron chi connectivity index (χ2n) is 4.58. The van der Waals surface area contributed by atoms with Crippen LogP contribution in [0.2, 0.25) is 15.1 Å². The molecule has 94 valence electrons. The second-order valence-corrected chi connectivity index (χ2v) is 5.78. The van der Waals surface area contributed by atoms with E-state index in [1.165, 1.54) is 12.1 Å². The molecule has 0 saturated carbocycles. The van der Waals surface area contributed by atoms with Crippen molar-refractivity contribution in [1.29, 1.82) is 0 Å². The summed E-state index contributed by atoms with van der Waals surface area (Å²) >= 11 is 17.5. The maximum Gasteiger partial charge on any atom is 0.265 e. The molecule has 0 fully saturated rings. The molecule has 1 aromatic carbocycles.